The summed E-state index contributed by atoms with van der Waals surface area (Å²) in [5, 5.41) is 9.41. The maximum absolute atomic E-state index is 4.41. The fourth-order valence-corrected chi connectivity index (χ4v) is 2.11. The number of thiophene rings is 1. The molecule has 0 bridgehead atoms. The van der Waals surface area contributed by atoms with Gasteiger partial charge in [0.2, 0.25) is 5.95 Å². The van der Waals surface area contributed by atoms with Crippen molar-refractivity contribution in [3.05, 3.63) is 11.4 Å². The van der Waals surface area contributed by atoms with Gasteiger partial charge in [0.05, 0.1) is 5.39 Å². The maximum Gasteiger partial charge on any atom is 0.225 e. The van der Waals surface area contributed by atoms with E-state index in [9.17, 15) is 0 Å². The topological polar surface area (TPSA) is 49.8 Å². The fraction of sp³-hybridized carbons (Fsp3) is 0.400. The van der Waals surface area contributed by atoms with E-state index in [1.54, 1.807) is 11.3 Å². The molecule has 0 saturated heterocycles. The van der Waals surface area contributed by atoms with Crippen molar-refractivity contribution in [1.82, 2.24) is 9.97 Å². The Morgan fingerprint density at radius 3 is 2.80 bits per heavy atom. The minimum absolute atomic E-state index is 0.368. The van der Waals surface area contributed by atoms with Crippen molar-refractivity contribution in [3.63, 3.8) is 0 Å². The summed E-state index contributed by atoms with van der Waals surface area (Å²) in [6.45, 7) is 4.19. The molecule has 0 saturated carbocycles. The van der Waals surface area contributed by atoms with Gasteiger partial charge in [-0.15, -0.1) is 11.3 Å². The quantitative estimate of drug-likeness (QED) is 0.838. The maximum atomic E-state index is 4.41. The van der Waals surface area contributed by atoms with Crippen molar-refractivity contribution < 1.29 is 0 Å². The van der Waals surface area contributed by atoms with Crippen LogP contribution in [-0.2, 0) is 0 Å². The lowest BCUT2D eigenvalue weighted by molar-refractivity contribution is 0.891. The van der Waals surface area contributed by atoms with Crippen molar-refractivity contribution in [2.45, 2.75) is 19.9 Å². The number of hydrogen-bond acceptors (Lipinski definition) is 5. The molecule has 0 fully saturated rings. The second-order valence-corrected chi connectivity index (χ2v) is 4.48. The molecule has 4 nitrogen and oxygen atoms in total. The van der Waals surface area contributed by atoms with Crippen molar-refractivity contribution in [1.29, 1.82) is 0 Å². The number of fused-ring (bicyclic) bond motifs is 1. The monoisotopic (exact) mass is 222 g/mol. The second-order valence-electron chi connectivity index (χ2n) is 3.58. The third-order valence-corrected chi connectivity index (χ3v) is 2.78. The van der Waals surface area contributed by atoms with Gasteiger partial charge in [-0.05, 0) is 25.3 Å². The third-order valence-electron chi connectivity index (χ3n) is 1.97. The molecule has 2 heterocycles. The van der Waals surface area contributed by atoms with Gasteiger partial charge >= 0.3 is 0 Å². The first kappa shape index (κ1) is 10.2. The lowest BCUT2D eigenvalue weighted by Crippen LogP contribution is -2.12. The van der Waals surface area contributed by atoms with Crippen LogP contribution in [-0.4, -0.2) is 23.1 Å². The molecule has 0 aromatic carbocycles. The van der Waals surface area contributed by atoms with E-state index in [-0.39, 0.29) is 0 Å². The minimum atomic E-state index is 0.368. The molecule has 80 valence electrons. The van der Waals surface area contributed by atoms with E-state index >= 15 is 0 Å². The summed E-state index contributed by atoms with van der Waals surface area (Å²) < 4.78 is 0. The highest BCUT2D eigenvalue weighted by Gasteiger charge is 2.08. The fourth-order valence-electron chi connectivity index (χ4n) is 1.35. The average Bonchev–Trinajstić information content (AvgIpc) is 2.64. The van der Waals surface area contributed by atoms with Crippen molar-refractivity contribution in [3.8, 4) is 0 Å². The summed E-state index contributed by atoms with van der Waals surface area (Å²) in [6, 6.07) is 2.41. The van der Waals surface area contributed by atoms with Crippen LogP contribution in [0.25, 0.3) is 10.2 Å². The summed E-state index contributed by atoms with van der Waals surface area (Å²) in [7, 11) is 1.83. The lowest BCUT2D eigenvalue weighted by atomic mass is 10.3. The molecule has 2 aromatic rings. The molecule has 2 aromatic heterocycles. The third kappa shape index (κ3) is 2.02. The molecule has 0 aliphatic rings. The molecule has 0 aliphatic carbocycles. The molecule has 15 heavy (non-hydrogen) atoms. The predicted molar refractivity (Wildman–Crippen MR) is 65.7 cm³/mol. The second kappa shape index (κ2) is 4.02. The molecular formula is C10H14N4S. The van der Waals surface area contributed by atoms with Gasteiger partial charge in [-0.2, -0.15) is 4.98 Å². The normalized spacial score (nSPS) is 10.9. The van der Waals surface area contributed by atoms with Gasteiger partial charge < -0.3 is 10.6 Å². The predicted octanol–water partition coefficient (Wildman–Crippen LogP) is 2.55. The summed E-state index contributed by atoms with van der Waals surface area (Å²) in [5.74, 6) is 1.56. The Bertz CT molecular complexity index is 463. The van der Waals surface area contributed by atoms with Crippen LogP contribution in [0.3, 0.4) is 0 Å². The number of anilines is 2. The number of nitrogens with zero attached hydrogens (tertiary/aromatic N) is 2. The molecule has 0 spiro atoms. The Morgan fingerprint density at radius 2 is 2.13 bits per heavy atom. The van der Waals surface area contributed by atoms with E-state index < -0.39 is 0 Å². The minimum Gasteiger partial charge on any atom is -0.367 e. The van der Waals surface area contributed by atoms with Crippen LogP contribution in [0.5, 0.6) is 0 Å². The molecule has 0 atom stereocenters. The van der Waals surface area contributed by atoms with Crippen LogP contribution in [0, 0.1) is 0 Å². The van der Waals surface area contributed by atoms with Crippen LogP contribution in [0.4, 0.5) is 11.8 Å². The number of aromatic nitrogens is 2. The van der Waals surface area contributed by atoms with E-state index in [0.29, 0.717) is 12.0 Å². The highest BCUT2D eigenvalue weighted by atomic mass is 32.1. The smallest absolute Gasteiger partial charge is 0.225 e. The highest BCUT2D eigenvalue weighted by molar-refractivity contribution is 7.16. The largest absolute Gasteiger partial charge is 0.367 e. The number of rotatable bonds is 3. The Labute approximate surface area is 92.8 Å². The van der Waals surface area contributed by atoms with Gasteiger partial charge in [0.15, 0.2) is 0 Å². The summed E-state index contributed by atoms with van der Waals surface area (Å²) >= 11 is 1.63. The van der Waals surface area contributed by atoms with Crippen molar-refractivity contribution in [2.24, 2.45) is 0 Å². The van der Waals surface area contributed by atoms with Crippen LogP contribution in [0.2, 0.25) is 0 Å². The van der Waals surface area contributed by atoms with E-state index in [1.807, 2.05) is 18.5 Å². The Kier molecular flexibility index (Phi) is 2.73. The summed E-state index contributed by atoms with van der Waals surface area (Å²) in [6.07, 6.45) is 0. The Balaban J connectivity index is 2.53. The zero-order chi connectivity index (χ0) is 10.8. The first-order chi connectivity index (χ1) is 7.20. The van der Waals surface area contributed by atoms with Gasteiger partial charge in [0, 0.05) is 13.1 Å². The van der Waals surface area contributed by atoms with Crippen LogP contribution >= 0.6 is 11.3 Å². The molecule has 5 heteroatoms. The van der Waals surface area contributed by atoms with E-state index in [4.69, 9.17) is 0 Å². The SMILES string of the molecule is CNc1nc(NC(C)C)c2ccsc2n1. The number of nitrogens with one attached hydrogen (secondary N) is 2. The molecule has 0 amide bonds. The Hall–Kier alpha value is -1.36. The van der Waals surface area contributed by atoms with Crippen LogP contribution in [0.1, 0.15) is 13.8 Å². The zero-order valence-electron chi connectivity index (χ0n) is 9.03. The molecule has 2 N–H and O–H groups in total. The van der Waals surface area contributed by atoms with Crippen molar-refractivity contribution >= 4 is 33.3 Å². The summed E-state index contributed by atoms with van der Waals surface area (Å²) in [5.41, 5.74) is 0. The molecule has 0 aliphatic heterocycles. The van der Waals surface area contributed by atoms with Gasteiger partial charge in [0.25, 0.3) is 0 Å². The average molecular weight is 222 g/mol. The van der Waals surface area contributed by atoms with Gasteiger partial charge in [-0.3, -0.25) is 0 Å². The Morgan fingerprint density at radius 1 is 1.33 bits per heavy atom. The van der Waals surface area contributed by atoms with Gasteiger partial charge in [-0.1, -0.05) is 0 Å². The van der Waals surface area contributed by atoms with E-state index in [2.05, 4.69) is 34.4 Å². The lowest BCUT2D eigenvalue weighted by Gasteiger charge is -2.10. The number of hydrogen-bond donors (Lipinski definition) is 2. The summed E-state index contributed by atoms with van der Waals surface area (Å²) in [4.78, 5) is 9.79. The molecule has 2 rings (SSSR count). The van der Waals surface area contributed by atoms with Crippen molar-refractivity contribution in [2.75, 3.05) is 17.7 Å². The van der Waals surface area contributed by atoms with E-state index in [0.717, 1.165) is 16.0 Å². The molecular weight excluding hydrogens is 208 g/mol. The van der Waals surface area contributed by atoms with E-state index in [1.165, 1.54) is 0 Å². The first-order valence-corrected chi connectivity index (χ1v) is 5.78. The standard InChI is InChI=1S/C10H14N4S/c1-6(2)12-8-7-4-5-15-9(7)14-10(11-3)13-8/h4-6H,1-3H3,(H2,11,12,13,14). The molecule has 0 radical (unpaired) electrons. The first-order valence-electron chi connectivity index (χ1n) is 4.90. The van der Waals surface area contributed by atoms with Gasteiger partial charge in [-0.25, -0.2) is 4.98 Å². The zero-order valence-corrected chi connectivity index (χ0v) is 9.85. The highest BCUT2D eigenvalue weighted by Crippen LogP contribution is 2.26. The molecule has 0 unspecified atom stereocenters. The van der Waals surface area contributed by atoms with Gasteiger partial charge in [0.1, 0.15) is 10.6 Å². The van der Waals surface area contributed by atoms with Crippen LogP contribution < -0.4 is 10.6 Å². The van der Waals surface area contributed by atoms with Crippen LogP contribution in [0.15, 0.2) is 11.4 Å².